The zero-order valence-corrected chi connectivity index (χ0v) is 11.5. The lowest BCUT2D eigenvalue weighted by molar-refractivity contribution is 0.167. The van der Waals surface area contributed by atoms with Crippen LogP contribution in [-0.4, -0.2) is 30.1 Å². The lowest BCUT2D eigenvalue weighted by Gasteiger charge is -1.93. The maximum Gasteiger partial charge on any atom is 0.225 e. The SMILES string of the molecule is Oc1cc2ccccc2n1O.Oc1cc2ccccc2n1O. The Kier molecular flexibility index (Phi) is 3.27. The average molecular weight is 298 g/mol. The molecule has 112 valence electrons. The summed E-state index contributed by atoms with van der Waals surface area (Å²) in [7, 11) is 0. The van der Waals surface area contributed by atoms with E-state index in [1.54, 1.807) is 24.3 Å². The molecule has 0 atom stereocenters. The van der Waals surface area contributed by atoms with E-state index in [-0.39, 0.29) is 11.8 Å². The van der Waals surface area contributed by atoms with Gasteiger partial charge in [0.1, 0.15) is 0 Å². The van der Waals surface area contributed by atoms with Crippen molar-refractivity contribution in [3.05, 3.63) is 60.7 Å². The van der Waals surface area contributed by atoms with Gasteiger partial charge in [-0.15, -0.1) is 0 Å². The van der Waals surface area contributed by atoms with Gasteiger partial charge in [-0.05, 0) is 12.1 Å². The number of fused-ring (bicyclic) bond motifs is 2. The van der Waals surface area contributed by atoms with E-state index in [0.29, 0.717) is 11.0 Å². The normalized spacial score (nSPS) is 10.5. The fourth-order valence-electron chi connectivity index (χ4n) is 2.25. The van der Waals surface area contributed by atoms with E-state index >= 15 is 0 Å². The highest BCUT2D eigenvalue weighted by Gasteiger charge is 2.04. The summed E-state index contributed by atoms with van der Waals surface area (Å²) in [5.41, 5.74) is 1.23. The maximum absolute atomic E-state index is 9.16. The Morgan fingerprint density at radius 2 is 0.955 bits per heavy atom. The molecule has 0 aliphatic heterocycles. The van der Waals surface area contributed by atoms with E-state index in [9.17, 15) is 0 Å². The summed E-state index contributed by atoms with van der Waals surface area (Å²) in [4.78, 5) is 0. The predicted octanol–water partition coefficient (Wildman–Crippen LogP) is 3.17. The summed E-state index contributed by atoms with van der Waals surface area (Å²) in [6, 6.07) is 17.4. The number of aromatic nitrogens is 2. The van der Waals surface area contributed by atoms with Crippen LogP contribution in [0.15, 0.2) is 60.7 Å². The van der Waals surface area contributed by atoms with Crippen molar-refractivity contribution in [2.45, 2.75) is 0 Å². The molecule has 0 aliphatic rings. The van der Waals surface area contributed by atoms with Crippen molar-refractivity contribution in [3.63, 3.8) is 0 Å². The third kappa shape index (κ3) is 2.26. The minimum Gasteiger partial charge on any atom is -0.492 e. The molecule has 0 bridgehead atoms. The van der Waals surface area contributed by atoms with Crippen molar-refractivity contribution in [1.29, 1.82) is 0 Å². The molecule has 0 radical (unpaired) electrons. The Morgan fingerprint density at radius 1 is 0.591 bits per heavy atom. The quantitative estimate of drug-likeness (QED) is 0.375. The monoisotopic (exact) mass is 298 g/mol. The molecule has 4 aromatic rings. The first-order valence-electron chi connectivity index (χ1n) is 6.55. The number of aromatic hydroxyl groups is 2. The molecule has 4 N–H and O–H groups in total. The van der Waals surface area contributed by atoms with Gasteiger partial charge in [0.2, 0.25) is 11.8 Å². The second-order valence-corrected chi connectivity index (χ2v) is 4.75. The zero-order valence-electron chi connectivity index (χ0n) is 11.5. The summed E-state index contributed by atoms with van der Waals surface area (Å²) in [6.07, 6.45) is 0. The third-order valence-electron chi connectivity index (χ3n) is 3.33. The summed E-state index contributed by atoms with van der Waals surface area (Å²) < 4.78 is 1.52. The molecular weight excluding hydrogens is 284 g/mol. The van der Waals surface area contributed by atoms with Gasteiger partial charge < -0.3 is 20.6 Å². The lowest BCUT2D eigenvalue weighted by Crippen LogP contribution is -1.86. The first-order valence-corrected chi connectivity index (χ1v) is 6.55. The average Bonchev–Trinajstić information content (AvgIpc) is 2.98. The van der Waals surface area contributed by atoms with E-state index in [2.05, 4.69) is 0 Å². The molecule has 2 aromatic heterocycles. The molecule has 22 heavy (non-hydrogen) atoms. The highest BCUT2D eigenvalue weighted by molar-refractivity contribution is 5.82. The number of benzene rings is 2. The first-order chi connectivity index (χ1) is 10.6. The van der Waals surface area contributed by atoms with Crippen LogP contribution >= 0.6 is 0 Å². The van der Waals surface area contributed by atoms with Gasteiger partial charge in [0.05, 0.1) is 11.0 Å². The number of rotatable bonds is 0. The molecule has 0 aliphatic carbocycles. The van der Waals surface area contributed by atoms with Crippen molar-refractivity contribution in [3.8, 4) is 11.8 Å². The van der Waals surface area contributed by atoms with Crippen LogP contribution in [0.2, 0.25) is 0 Å². The first kappa shape index (κ1) is 13.7. The summed E-state index contributed by atoms with van der Waals surface area (Å²) in [6.45, 7) is 0. The van der Waals surface area contributed by atoms with Crippen LogP contribution in [0.3, 0.4) is 0 Å². The molecule has 0 spiro atoms. The number of hydrogen-bond donors (Lipinski definition) is 4. The third-order valence-corrected chi connectivity index (χ3v) is 3.33. The smallest absolute Gasteiger partial charge is 0.225 e. The molecule has 4 rings (SSSR count). The van der Waals surface area contributed by atoms with Gasteiger partial charge >= 0.3 is 0 Å². The Labute approximate surface area is 125 Å². The Hall–Kier alpha value is -3.28. The van der Waals surface area contributed by atoms with Gasteiger partial charge in [-0.25, -0.2) is 0 Å². The second-order valence-electron chi connectivity index (χ2n) is 4.75. The molecule has 0 saturated carbocycles. The molecular formula is C16H14N2O4. The molecule has 0 amide bonds. The minimum absolute atomic E-state index is 0.133. The summed E-state index contributed by atoms with van der Waals surface area (Å²) in [5, 5.41) is 38.1. The van der Waals surface area contributed by atoms with Crippen LogP contribution in [-0.2, 0) is 0 Å². The fraction of sp³-hybridized carbons (Fsp3) is 0. The Balaban J connectivity index is 0.000000131. The van der Waals surface area contributed by atoms with Gasteiger partial charge in [-0.3, -0.25) is 0 Å². The largest absolute Gasteiger partial charge is 0.492 e. The second kappa shape index (κ2) is 5.25. The fourth-order valence-corrected chi connectivity index (χ4v) is 2.25. The topological polar surface area (TPSA) is 90.8 Å². The zero-order chi connectivity index (χ0) is 15.7. The minimum atomic E-state index is -0.133. The van der Waals surface area contributed by atoms with E-state index in [0.717, 1.165) is 20.2 Å². The van der Waals surface area contributed by atoms with E-state index < -0.39 is 0 Å². The standard InChI is InChI=1S/2C8H7NO2/c2*10-8-5-6-3-1-2-4-7(6)9(8)11/h2*1-5,10-11H. The van der Waals surface area contributed by atoms with Crippen LogP contribution < -0.4 is 0 Å². The van der Waals surface area contributed by atoms with E-state index in [4.69, 9.17) is 20.6 Å². The van der Waals surface area contributed by atoms with Gasteiger partial charge in [-0.2, -0.15) is 9.46 Å². The maximum atomic E-state index is 9.16. The summed E-state index contributed by atoms with van der Waals surface area (Å²) >= 11 is 0. The van der Waals surface area contributed by atoms with Crippen molar-refractivity contribution in [2.75, 3.05) is 0 Å². The van der Waals surface area contributed by atoms with Crippen LogP contribution in [0.4, 0.5) is 0 Å². The highest BCUT2D eigenvalue weighted by atomic mass is 16.5. The van der Waals surface area contributed by atoms with Crippen molar-refractivity contribution in [2.24, 2.45) is 0 Å². The number of nitrogens with zero attached hydrogens (tertiary/aromatic N) is 2. The van der Waals surface area contributed by atoms with Crippen molar-refractivity contribution >= 4 is 21.8 Å². The molecule has 2 heterocycles. The van der Waals surface area contributed by atoms with Gasteiger partial charge in [-0.1, -0.05) is 36.4 Å². The molecule has 2 aromatic carbocycles. The molecule has 0 saturated heterocycles. The van der Waals surface area contributed by atoms with E-state index in [1.165, 1.54) is 12.1 Å². The van der Waals surface area contributed by atoms with Crippen molar-refractivity contribution in [1.82, 2.24) is 9.46 Å². The molecule has 0 fully saturated rings. The number of hydrogen-bond acceptors (Lipinski definition) is 4. The number of para-hydroxylation sites is 2. The lowest BCUT2D eigenvalue weighted by atomic mass is 10.3. The summed E-state index contributed by atoms with van der Waals surface area (Å²) in [5.74, 6) is -0.266. The Bertz CT molecular complexity index is 862. The van der Waals surface area contributed by atoms with Crippen LogP contribution in [0, 0.1) is 0 Å². The molecule has 6 heteroatoms. The molecule has 6 nitrogen and oxygen atoms in total. The highest BCUT2D eigenvalue weighted by Crippen LogP contribution is 2.22. The van der Waals surface area contributed by atoms with Crippen LogP contribution in [0.5, 0.6) is 11.8 Å². The molecule has 0 unspecified atom stereocenters. The van der Waals surface area contributed by atoms with Gasteiger partial charge in [0.25, 0.3) is 0 Å². The van der Waals surface area contributed by atoms with Crippen LogP contribution in [0.25, 0.3) is 21.8 Å². The van der Waals surface area contributed by atoms with Gasteiger partial charge in [0, 0.05) is 22.9 Å². The van der Waals surface area contributed by atoms with Crippen molar-refractivity contribution < 1.29 is 20.6 Å². The predicted molar refractivity (Wildman–Crippen MR) is 81.6 cm³/mol. The van der Waals surface area contributed by atoms with Gasteiger partial charge in [0.15, 0.2) is 0 Å². The Morgan fingerprint density at radius 3 is 1.32 bits per heavy atom. The van der Waals surface area contributed by atoms with E-state index in [1.807, 2.05) is 24.3 Å². The van der Waals surface area contributed by atoms with Crippen LogP contribution in [0.1, 0.15) is 0 Å².